The third-order valence-corrected chi connectivity index (χ3v) is 4.81. The predicted molar refractivity (Wildman–Crippen MR) is 107 cm³/mol. The number of carbonyl (C=O) groups excluding carboxylic acids is 1. The summed E-state index contributed by atoms with van der Waals surface area (Å²) in [6.45, 7) is 2.19. The quantitative estimate of drug-likeness (QED) is 0.749. The van der Waals surface area contributed by atoms with Crippen molar-refractivity contribution in [3.63, 3.8) is 0 Å². The number of hydrogen-bond acceptors (Lipinski definition) is 4. The van der Waals surface area contributed by atoms with E-state index in [1.54, 1.807) is 25.4 Å². The van der Waals surface area contributed by atoms with Crippen LogP contribution < -0.4 is 15.0 Å². The molecule has 0 saturated heterocycles. The summed E-state index contributed by atoms with van der Waals surface area (Å²) in [7, 11) is 1.61. The van der Waals surface area contributed by atoms with Gasteiger partial charge in [0.05, 0.1) is 7.11 Å². The average Bonchev–Trinajstić information content (AvgIpc) is 3.04. The van der Waals surface area contributed by atoms with Crippen LogP contribution in [-0.2, 0) is 6.42 Å². The second-order valence-electron chi connectivity index (χ2n) is 6.63. The molecule has 0 saturated carbocycles. The van der Waals surface area contributed by atoms with Crippen LogP contribution in [0.15, 0.2) is 66.9 Å². The highest BCUT2D eigenvalue weighted by Crippen LogP contribution is 2.38. The second kappa shape index (κ2) is 7.11. The Morgan fingerprint density at radius 1 is 1.15 bits per heavy atom. The molecule has 0 spiro atoms. The molecule has 0 aliphatic carbocycles. The fourth-order valence-corrected chi connectivity index (χ4v) is 3.52. The number of pyridine rings is 1. The lowest BCUT2D eigenvalue weighted by Crippen LogP contribution is -2.24. The van der Waals surface area contributed by atoms with Crippen molar-refractivity contribution in [3.05, 3.63) is 78.1 Å². The number of hydrogen-bond donors (Lipinski definition) is 1. The topological polar surface area (TPSA) is 54.5 Å². The lowest BCUT2D eigenvalue weighted by Gasteiger charge is -2.25. The van der Waals surface area contributed by atoms with Crippen molar-refractivity contribution >= 4 is 23.0 Å². The molecule has 3 aromatic rings. The molecule has 4 rings (SSSR count). The van der Waals surface area contributed by atoms with E-state index in [-0.39, 0.29) is 5.91 Å². The lowest BCUT2D eigenvalue weighted by molar-refractivity contribution is 0.102. The molecule has 27 heavy (non-hydrogen) atoms. The number of rotatable bonds is 4. The molecular weight excluding hydrogens is 338 g/mol. The van der Waals surface area contributed by atoms with Gasteiger partial charge in [0.25, 0.3) is 5.91 Å². The Hall–Kier alpha value is -3.34. The van der Waals surface area contributed by atoms with E-state index >= 15 is 0 Å². The average molecular weight is 359 g/mol. The minimum atomic E-state index is -0.234. The normalized spacial score (nSPS) is 15.3. The van der Waals surface area contributed by atoms with Crippen molar-refractivity contribution in [2.24, 2.45) is 0 Å². The van der Waals surface area contributed by atoms with E-state index in [9.17, 15) is 4.79 Å². The molecule has 5 nitrogen and oxygen atoms in total. The van der Waals surface area contributed by atoms with Crippen molar-refractivity contribution in [3.8, 4) is 5.75 Å². The van der Waals surface area contributed by atoms with E-state index in [1.165, 1.54) is 11.3 Å². The fraction of sp³-hybridized carbons (Fsp3) is 0.182. The second-order valence-corrected chi connectivity index (χ2v) is 6.63. The Bertz CT molecular complexity index is 969. The lowest BCUT2D eigenvalue weighted by atomic mass is 10.1. The van der Waals surface area contributed by atoms with E-state index in [0.717, 1.165) is 17.9 Å². The summed E-state index contributed by atoms with van der Waals surface area (Å²) in [6, 6.07) is 19.7. The van der Waals surface area contributed by atoms with Crippen molar-refractivity contribution in [2.45, 2.75) is 19.4 Å². The zero-order valence-electron chi connectivity index (χ0n) is 15.3. The van der Waals surface area contributed by atoms with Crippen molar-refractivity contribution in [2.75, 3.05) is 17.3 Å². The molecule has 5 heteroatoms. The molecule has 1 aromatic heterocycles. The highest BCUT2D eigenvalue weighted by molar-refractivity contribution is 6.03. The smallest absolute Gasteiger partial charge is 0.274 e. The third kappa shape index (κ3) is 3.36. The first-order valence-electron chi connectivity index (χ1n) is 8.94. The Balaban J connectivity index is 1.58. The van der Waals surface area contributed by atoms with E-state index in [4.69, 9.17) is 4.74 Å². The minimum Gasteiger partial charge on any atom is -0.497 e. The Kier molecular flexibility index (Phi) is 4.50. The minimum absolute atomic E-state index is 0.234. The standard InChI is InChI=1S/C22H21N3O2/c1-15-13-16-5-3-4-6-21(16)25(15)18-11-12-23-20(14-18)22(26)24-17-7-9-19(27-2)10-8-17/h3-12,14-15H,13H2,1-2H3,(H,24,26). The maximum absolute atomic E-state index is 12.6. The Morgan fingerprint density at radius 3 is 2.70 bits per heavy atom. The molecule has 1 amide bonds. The summed E-state index contributed by atoms with van der Waals surface area (Å²) in [4.78, 5) is 19.2. The van der Waals surface area contributed by atoms with Gasteiger partial charge in [-0.3, -0.25) is 9.78 Å². The van der Waals surface area contributed by atoms with Crippen LogP contribution in [0.2, 0.25) is 0 Å². The summed E-state index contributed by atoms with van der Waals surface area (Å²) < 4.78 is 5.14. The molecular formula is C22H21N3O2. The molecule has 2 aromatic carbocycles. The van der Waals surface area contributed by atoms with Gasteiger partial charge in [0.15, 0.2) is 0 Å². The molecule has 1 unspecified atom stereocenters. The molecule has 0 fully saturated rings. The van der Waals surface area contributed by atoms with Gasteiger partial charge in [0, 0.05) is 29.3 Å². The summed E-state index contributed by atoms with van der Waals surface area (Å²) in [6.07, 6.45) is 2.68. The molecule has 0 radical (unpaired) electrons. The Labute approximate surface area is 158 Å². The number of ether oxygens (including phenoxy) is 1. The number of methoxy groups -OCH3 is 1. The summed E-state index contributed by atoms with van der Waals surface area (Å²) in [5.41, 5.74) is 4.58. The van der Waals surface area contributed by atoms with Crippen LogP contribution in [0.4, 0.5) is 17.1 Å². The largest absolute Gasteiger partial charge is 0.497 e. The number of amides is 1. The Morgan fingerprint density at radius 2 is 1.93 bits per heavy atom. The summed E-state index contributed by atoms with van der Waals surface area (Å²) >= 11 is 0. The van der Waals surface area contributed by atoms with Crippen molar-refractivity contribution in [1.29, 1.82) is 0 Å². The van der Waals surface area contributed by atoms with Crippen molar-refractivity contribution < 1.29 is 9.53 Å². The van der Waals surface area contributed by atoms with E-state index in [2.05, 4.69) is 40.3 Å². The van der Waals surface area contributed by atoms with E-state index < -0.39 is 0 Å². The first kappa shape index (κ1) is 17.1. The van der Waals surface area contributed by atoms with E-state index in [0.29, 0.717) is 17.4 Å². The maximum atomic E-state index is 12.6. The molecule has 2 heterocycles. The maximum Gasteiger partial charge on any atom is 0.274 e. The molecule has 1 aliphatic rings. The number of carbonyl (C=O) groups is 1. The van der Waals surface area contributed by atoms with Gasteiger partial charge in [-0.25, -0.2) is 0 Å². The number of aromatic nitrogens is 1. The SMILES string of the molecule is COc1ccc(NC(=O)c2cc(N3c4ccccc4CC3C)ccn2)cc1. The van der Waals surface area contributed by atoms with Crippen LogP contribution in [0.3, 0.4) is 0 Å². The van der Waals surface area contributed by atoms with Crippen LogP contribution in [0.25, 0.3) is 0 Å². The molecule has 136 valence electrons. The number of nitrogens with zero attached hydrogens (tertiary/aromatic N) is 2. The fourth-order valence-electron chi connectivity index (χ4n) is 3.52. The van der Waals surface area contributed by atoms with Crippen LogP contribution in [0, 0.1) is 0 Å². The zero-order chi connectivity index (χ0) is 18.8. The number of fused-ring (bicyclic) bond motifs is 1. The molecule has 0 bridgehead atoms. The highest BCUT2D eigenvalue weighted by atomic mass is 16.5. The van der Waals surface area contributed by atoms with Crippen LogP contribution in [0.5, 0.6) is 5.75 Å². The summed E-state index contributed by atoms with van der Waals surface area (Å²) in [5.74, 6) is 0.511. The van der Waals surface area contributed by atoms with Crippen LogP contribution >= 0.6 is 0 Å². The van der Waals surface area contributed by atoms with E-state index in [1.807, 2.05) is 30.3 Å². The van der Waals surface area contributed by atoms with Gasteiger partial charge in [0.1, 0.15) is 11.4 Å². The van der Waals surface area contributed by atoms with Gasteiger partial charge >= 0.3 is 0 Å². The van der Waals surface area contributed by atoms with Gasteiger partial charge < -0.3 is 15.0 Å². The summed E-state index contributed by atoms with van der Waals surface area (Å²) in [5, 5.41) is 2.88. The first-order valence-corrected chi connectivity index (χ1v) is 8.94. The highest BCUT2D eigenvalue weighted by Gasteiger charge is 2.27. The van der Waals surface area contributed by atoms with Crippen LogP contribution in [0.1, 0.15) is 23.0 Å². The van der Waals surface area contributed by atoms with Gasteiger partial charge in [0.2, 0.25) is 0 Å². The number of anilines is 3. The van der Waals surface area contributed by atoms with Crippen LogP contribution in [-0.4, -0.2) is 24.0 Å². The molecule has 1 aliphatic heterocycles. The van der Waals surface area contributed by atoms with Crippen molar-refractivity contribution in [1.82, 2.24) is 4.98 Å². The predicted octanol–water partition coefficient (Wildman–Crippen LogP) is 4.43. The number of benzene rings is 2. The molecule has 1 atom stereocenters. The zero-order valence-corrected chi connectivity index (χ0v) is 15.3. The van der Waals surface area contributed by atoms with Gasteiger partial charge in [-0.05, 0) is 61.4 Å². The first-order chi connectivity index (χ1) is 13.2. The van der Waals surface area contributed by atoms with Gasteiger partial charge in [-0.15, -0.1) is 0 Å². The number of para-hydroxylation sites is 1. The monoisotopic (exact) mass is 359 g/mol. The van der Waals surface area contributed by atoms with Gasteiger partial charge in [-0.2, -0.15) is 0 Å². The number of nitrogens with one attached hydrogen (secondary N) is 1. The third-order valence-electron chi connectivity index (χ3n) is 4.81. The van der Waals surface area contributed by atoms with Gasteiger partial charge in [-0.1, -0.05) is 18.2 Å². The molecule has 1 N–H and O–H groups in total.